The first-order valence-corrected chi connectivity index (χ1v) is 10.4. The monoisotopic (exact) mass is 424 g/mol. The van der Waals surface area contributed by atoms with Gasteiger partial charge in [0.1, 0.15) is 11.6 Å². The van der Waals surface area contributed by atoms with Crippen LogP contribution in [0.4, 0.5) is 5.82 Å². The number of hydrogen-bond donors (Lipinski definition) is 1. The zero-order chi connectivity index (χ0) is 21.0. The van der Waals surface area contributed by atoms with Crippen LogP contribution in [0.25, 0.3) is 11.4 Å². The zero-order valence-corrected chi connectivity index (χ0v) is 17.9. The van der Waals surface area contributed by atoms with Crippen LogP contribution in [-0.4, -0.2) is 41.8 Å². The van der Waals surface area contributed by atoms with Gasteiger partial charge < -0.3 is 14.8 Å². The summed E-state index contributed by atoms with van der Waals surface area (Å²) in [5.41, 5.74) is 2.72. The predicted octanol–water partition coefficient (Wildman–Crippen LogP) is 4.67. The number of benzene rings is 1. The van der Waals surface area contributed by atoms with Gasteiger partial charge in [-0.15, -0.1) is 0 Å². The fourth-order valence-corrected chi connectivity index (χ4v) is 4.11. The van der Waals surface area contributed by atoms with Crippen LogP contribution < -0.4 is 10.1 Å². The number of methoxy groups -OCH3 is 1. The van der Waals surface area contributed by atoms with E-state index in [1.54, 1.807) is 19.5 Å². The summed E-state index contributed by atoms with van der Waals surface area (Å²) in [4.78, 5) is 13.5. The standard InChI is InChI=1S/C23H25ClN4O2/c1-16-12-21(28-22(27-16)17-4-3-9-25-14-17)26-15-23(7-10-30-11-8-23)19-13-18(24)5-6-20(19)29-2/h3-6,9,12-14H,7-8,10-11,15H2,1-2H3,(H,26,27,28). The van der Waals surface area contributed by atoms with Crippen molar-refractivity contribution in [1.29, 1.82) is 0 Å². The van der Waals surface area contributed by atoms with Crippen molar-refractivity contribution in [2.45, 2.75) is 25.2 Å². The molecule has 1 aliphatic heterocycles. The predicted molar refractivity (Wildman–Crippen MR) is 118 cm³/mol. The second kappa shape index (κ2) is 8.98. The van der Waals surface area contributed by atoms with E-state index >= 15 is 0 Å². The van der Waals surface area contributed by atoms with Crippen molar-refractivity contribution in [2.24, 2.45) is 0 Å². The van der Waals surface area contributed by atoms with Gasteiger partial charge in [0.2, 0.25) is 0 Å². The Morgan fingerprint density at radius 2 is 2.00 bits per heavy atom. The number of aromatic nitrogens is 3. The molecule has 1 saturated heterocycles. The number of hydrogen-bond acceptors (Lipinski definition) is 6. The molecule has 7 heteroatoms. The molecule has 4 rings (SSSR count). The average molecular weight is 425 g/mol. The highest BCUT2D eigenvalue weighted by Gasteiger charge is 2.37. The third-order valence-electron chi connectivity index (χ3n) is 5.56. The van der Waals surface area contributed by atoms with Crippen molar-refractivity contribution in [3.05, 3.63) is 65.1 Å². The van der Waals surface area contributed by atoms with E-state index in [1.165, 1.54) is 0 Å². The van der Waals surface area contributed by atoms with Crippen molar-refractivity contribution in [3.8, 4) is 17.1 Å². The van der Waals surface area contributed by atoms with Gasteiger partial charge in [0.25, 0.3) is 0 Å². The molecule has 0 unspecified atom stereocenters. The van der Waals surface area contributed by atoms with Crippen molar-refractivity contribution in [2.75, 3.05) is 32.2 Å². The van der Waals surface area contributed by atoms with Crippen LogP contribution in [0.3, 0.4) is 0 Å². The van der Waals surface area contributed by atoms with E-state index in [-0.39, 0.29) is 5.41 Å². The molecule has 156 valence electrons. The summed E-state index contributed by atoms with van der Waals surface area (Å²) in [6.45, 7) is 4.05. The highest BCUT2D eigenvalue weighted by molar-refractivity contribution is 6.30. The molecule has 0 bridgehead atoms. The largest absolute Gasteiger partial charge is 0.496 e. The molecule has 0 spiro atoms. The molecule has 1 aliphatic rings. The van der Waals surface area contributed by atoms with Gasteiger partial charge in [0.05, 0.1) is 7.11 Å². The second-order valence-corrected chi connectivity index (χ2v) is 7.99. The van der Waals surface area contributed by atoms with E-state index in [2.05, 4.69) is 15.3 Å². The minimum absolute atomic E-state index is 0.165. The molecular formula is C23H25ClN4O2. The molecule has 3 heterocycles. The normalized spacial score (nSPS) is 15.6. The number of nitrogens with one attached hydrogen (secondary N) is 1. The van der Waals surface area contributed by atoms with E-state index < -0.39 is 0 Å². The number of rotatable bonds is 6. The second-order valence-electron chi connectivity index (χ2n) is 7.55. The maximum absolute atomic E-state index is 6.35. The fourth-order valence-electron chi connectivity index (χ4n) is 3.94. The minimum Gasteiger partial charge on any atom is -0.496 e. The van der Waals surface area contributed by atoms with Crippen LogP contribution >= 0.6 is 11.6 Å². The number of anilines is 1. The van der Waals surface area contributed by atoms with E-state index in [0.29, 0.717) is 30.6 Å². The van der Waals surface area contributed by atoms with Gasteiger partial charge in [-0.1, -0.05) is 11.6 Å². The van der Waals surface area contributed by atoms with Crippen molar-refractivity contribution in [3.63, 3.8) is 0 Å². The van der Waals surface area contributed by atoms with Crippen LogP contribution in [-0.2, 0) is 10.2 Å². The first kappa shape index (κ1) is 20.6. The van der Waals surface area contributed by atoms with Crippen molar-refractivity contribution in [1.82, 2.24) is 15.0 Å². The quantitative estimate of drug-likeness (QED) is 0.620. The lowest BCUT2D eigenvalue weighted by Crippen LogP contribution is -2.40. The van der Waals surface area contributed by atoms with Gasteiger partial charge >= 0.3 is 0 Å². The van der Waals surface area contributed by atoms with E-state index in [9.17, 15) is 0 Å². The smallest absolute Gasteiger partial charge is 0.163 e. The van der Waals surface area contributed by atoms with Crippen LogP contribution in [0.2, 0.25) is 5.02 Å². The third kappa shape index (κ3) is 4.40. The van der Waals surface area contributed by atoms with Crippen LogP contribution in [0.1, 0.15) is 24.1 Å². The molecule has 1 fully saturated rings. The summed E-state index contributed by atoms with van der Waals surface area (Å²) in [6.07, 6.45) is 5.26. The number of halogens is 1. The SMILES string of the molecule is COc1ccc(Cl)cc1C1(CNc2cc(C)nc(-c3cccnc3)n2)CCOCC1. The molecule has 30 heavy (non-hydrogen) atoms. The van der Waals surface area contributed by atoms with Gasteiger partial charge in [-0.25, -0.2) is 9.97 Å². The van der Waals surface area contributed by atoms with Gasteiger partial charge in [-0.05, 0) is 50.1 Å². The Balaban J connectivity index is 1.65. The minimum atomic E-state index is -0.165. The van der Waals surface area contributed by atoms with Crippen LogP contribution in [0.15, 0.2) is 48.8 Å². The molecule has 6 nitrogen and oxygen atoms in total. The summed E-state index contributed by atoms with van der Waals surface area (Å²) >= 11 is 6.35. The third-order valence-corrected chi connectivity index (χ3v) is 5.80. The summed E-state index contributed by atoms with van der Waals surface area (Å²) in [6, 6.07) is 11.6. The summed E-state index contributed by atoms with van der Waals surface area (Å²) in [7, 11) is 1.70. The molecule has 1 N–H and O–H groups in total. The van der Waals surface area contributed by atoms with E-state index in [1.807, 2.05) is 43.3 Å². The Labute approximate surface area is 181 Å². The number of aryl methyl sites for hydroxylation is 1. The summed E-state index contributed by atoms with van der Waals surface area (Å²) in [5, 5.41) is 4.25. The maximum Gasteiger partial charge on any atom is 0.163 e. The van der Waals surface area contributed by atoms with Gasteiger partial charge in [0.15, 0.2) is 5.82 Å². The first-order valence-electron chi connectivity index (χ1n) is 10.0. The average Bonchev–Trinajstić information content (AvgIpc) is 2.78. The highest BCUT2D eigenvalue weighted by atomic mass is 35.5. The lowest BCUT2D eigenvalue weighted by atomic mass is 9.73. The van der Waals surface area contributed by atoms with E-state index in [0.717, 1.165) is 41.2 Å². The first-order chi connectivity index (χ1) is 14.6. The Morgan fingerprint density at radius 3 is 2.73 bits per heavy atom. The van der Waals surface area contributed by atoms with Crippen molar-refractivity contribution < 1.29 is 9.47 Å². The van der Waals surface area contributed by atoms with Crippen molar-refractivity contribution >= 4 is 17.4 Å². The number of nitrogens with zero attached hydrogens (tertiary/aromatic N) is 3. The highest BCUT2D eigenvalue weighted by Crippen LogP contribution is 2.41. The molecule has 2 aromatic heterocycles. The number of ether oxygens (including phenoxy) is 2. The van der Waals surface area contributed by atoms with E-state index in [4.69, 9.17) is 26.1 Å². The molecule has 1 aromatic carbocycles. The molecule has 0 radical (unpaired) electrons. The zero-order valence-electron chi connectivity index (χ0n) is 17.2. The van der Waals surface area contributed by atoms with Gasteiger partial charge in [-0.3, -0.25) is 4.98 Å². The Morgan fingerprint density at radius 1 is 1.17 bits per heavy atom. The van der Waals surface area contributed by atoms with Gasteiger partial charge in [-0.2, -0.15) is 0 Å². The summed E-state index contributed by atoms with van der Waals surface area (Å²) in [5.74, 6) is 2.29. The Hall–Kier alpha value is -2.70. The summed E-state index contributed by atoms with van der Waals surface area (Å²) < 4.78 is 11.3. The fraction of sp³-hybridized carbons (Fsp3) is 0.348. The molecule has 0 amide bonds. The molecule has 0 aliphatic carbocycles. The maximum atomic E-state index is 6.35. The molecule has 0 atom stereocenters. The lowest BCUT2D eigenvalue weighted by molar-refractivity contribution is 0.0535. The molecule has 3 aromatic rings. The van der Waals surface area contributed by atoms with Crippen LogP contribution in [0, 0.1) is 6.92 Å². The lowest BCUT2D eigenvalue weighted by Gasteiger charge is -2.39. The topological polar surface area (TPSA) is 69.2 Å². The molecular weight excluding hydrogens is 400 g/mol. The Bertz CT molecular complexity index is 1010. The Kier molecular flexibility index (Phi) is 6.16. The molecule has 0 saturated carbocycles. The van der Waals surface area contributed by atoms with Crippen LogP contribution in [0.5, 0.6) is 5.75 Å². The van der Waals surface area contributed by atoms with Gasteiger partial charge in [0, 0.05) is 65.5 Å². The number of pyridine rings is 1.